The van der Waals surface area contributed by atoms with Gasteiger partial charge in [0.05, 0.1) is 29.0 Å². The third kappa shape index (κ3) is 4.01. The van der Waals surface area contributed by atoms with Crippen LogP contribution in [0.3, 0.4) is 0 Å². The highest BCUT2D eigenvalue weighted by Crippen LogP contribution is 2.35. The van der Waals surface area contributed by atoms with Crippen LogP contribution in [0.5, 0.6) is 5.75 Å². The van der Waals surface area contributed by atoms with Gasteiger partial charge in [0, 0.05) is 18.0 Å². The van der Waals surface area contributed by atoms with Gasteiger partial charge in [-0.1, -0.05) is 29.5 Å². The van der Waals surface area contributed by atoms with Crippen molar-refractivity contribution in [3.8, 4) is 5.75 Å². The molecule has 8 heteroatoms. The molecule has 1 aliphatic heterocycles. The van der Waals surface area contributed by atoms with Gasteiger partial charge in [-0.2, -0.15) is 0 Å². The summed E-state index contributed by atoms with van der Waals surface area (Å²) in [6.45, 7) is 6.09. The molecular formula is C24H23N3O4S. The highest BCUT2D eigenvalue weighted by atomic mass is 32.1. The highest BCUT2D eigenvalue weighted by molar-refractivity contribution is 7.07. The average Bonchev–Trinajstić information content (AvgIpc) is 3.09. The molecule has 0 radical (unpaired) electrons. The second-order valence-corrected chi connectivity index (χ2v) is 8.06. The van der Waals surface area contributed by atoms with Crippen LogP contribution in [-0.2, 0) is 9.53 Å². The number of fused-ring (bicyclic) bond motifs is 1. The number of hydrogen-bond donors (Lipinski definition) is 0. The molecule has 0 aliphatic carbocycles. The van der Waals surface area contributed by atoms with Crippen molar-refractivity contribution in [2.75, 3.05) is 13.2 Å². The maximum atomic E-state index is 13.6. The molecule has 1 atom stereocenters. The van der Waals surface area contributed by atoms with E-state index in [1.807, 2.05) is 43.3 Å². The van der Waals surface area contributed by atoms with Gasteiger partial charge in [-0.3, -0.25) is 14.3 Å². The molecule has 1 aliphatic rings. The number of carbonyl (C=O) groups is 1. The summed E-state index contributed by atoms with van der Waals surface area (Å²) >= 11 is 1.29. The van der Waals surface area contributed by atoms with Crippen LogP contribution in [0.15, 0.2) is 69.8 Å². The van der Waals surface area contributed by atoms with Crippen molar-refractivity contribution in [1.82, 2.24) is 9.55 Å². The molecule has 164 valence electrons. The van der Waals surface area contributed by atoms with Crippen LogP contribution < -0.4 is 19.6 Å². The van der Waals surface area contributed by atoms with E-state index < -0.39 is 12.0 Å². The Morgan fingerprint density at radius 1 is 1.16 bits per heavy atom. The Morgan fingerprint density at radius 2 is 1.91 bits per heavy atom. The largest absolute Gasteiger partial charge is 0.494 e. The van der Waals surface area contributed by atoms with E-state index in [0.29, 0.717) is 38.5 Å². The molecule has 0 N–H and O–H groups in total. The molecule has 0 fully saturated rings. The first-order chi connectivity index (χ1) is 15.5. The average molecular weight is 450 g/mol. The number of benzene rings is 1. The second kappa shape index (κ2) is 9.32. The molecule has 0 amide bonds. The molecule has 1 aromatic carbocycles. The van der Waals surface area contributed by atoms with E-state index in [9.17, 15) is 9.59 Å². The molecule has 32 heavy (non-hydrogen) atoms. The van der Waals surface area contributed by atoms with Gasteiger partial charge < -0.3 is 9.47 Å². The molecule has 0 bridgehead atoms. The highest BCUT2D eigenvalue weighted by Gasteiger charge is 2.34. The molecule has 0 unspecified atom stereocenters. The summed E-state index contributed by atoms with van der Waals surface area (Å²) in [7, 11) is 0. The predicted octanol–water partition coefficient (Wildman–Crippen LogP) is 2.59. The summed E-state index contributed by atoms with van der Waals surface area (Å²) in [5.41, 5.74) is 2.20. The first-order valence-corrected chi connectivity index (χ1v) is 11.2. The lowest BCUT2D eigenvalue weighted by atomic mass is 9.95. The van der Waals surface area contributed by atoms with Gasteiger partial charge in [0.15, 0.2) is 4.80 Å². The number of allylic oxidation sites excluding steroid dienone is 1. The lowest BCUT2D eigenvalue weighted by Gasteiger charge is -2.26. The van der Waals surface area contributed by atoms with Crippen molar-refractivity contribution < 1.29 is 14.3 Å². The Balaban J connectivity index is 1.99. The van der Waals surface area contributed by atoms with E-state index in [4.69, 9.17) is 9.47 Å². The van der Waals surface area contributed by atoms with Gasteiger partial charge in [0.25, 0.3) is 5.56 Å². The van der Waals surface area contributed by atoms with Crippen molar-refractivity contribution >= 4 is 23.4 Å². The van der Waals surface area contributed by atoms with Crippen LogP contribution in [0.1, 0.15) is 37.9 Å². The first kappa shape index (κ1) is 21.7. The number of nitrogens with zero attached hydrogens (tertiary/aromatic N) is 3. The number of para-hydroxylation sites is 1. The van der Waals surface area contributed by atoms with Gasteiger partial charge in [-0.25, -0.2) is 9.79 Å². The summed E-state index contributed by atoms with van der Waals surface area (Å²) in [6.07, 6.45) is 5.15. The van der Waals surface area contributed by atoms with Crippen molar-refractivity contribution in [3.63, 3.8) is 0 Å². The number of pyridine rings is 1. The fourth-order valence-corrected chi connectivity index (χ4v) is 4.74. The third-order valence-electron chi connectivity index (χ3n) is 5.03. The van der Waals surface area contributed by atoms with E-state index in [2.05, 4.69) is 9.98 Å². The SMILES string of the molecule is CCOC(=O)C1=C(C)N=c2s/c(=C\c3ccncc3)c(=O)n2[C@@H]1c1ccccc1OCC. The minimum absolute atomic E-state index is 0.224. The lowest BCUT2D eigenvalue weighted by molar-refractivity contribution is -0.139. The van der Waals surface area contributed by atoms with Gasteiger partial charge in [-0.15, -0.1) is 0 Å². The van der Waals surface area contributed by atoms with Crippen molar-refractivity contribution in [3.05, 3.63) is 90.9 Å². The number of rotatable bonds is 6. The maximum Gasteiger partial charge on any atom is 0.338 e. The maximum absolute atomic E-state index is 13.6. The first-order valence-electron chi connectivity index (χ1n) is 10.4. The Labute approximate surface area is 189 Å². The number of esters is 1. The van der Waals surface area contributed by atoms with Crippen LogP contribution in [0.2, 0.25) is 0 Å². The van der Waals surface area contributed by atoms with Crippen molar-refractivity contribution in [2.24, 2.45) is 4.99 Å². The van der Waals surface area contributed by atoms with Crippen molar-refractivity contribution in [1.29, 1.82) is 0 Å². The molecule has 0 saturated heterocycles. The summed E-state index contributed by atoms with van der Waals surface area (Å²) in [5, 5.41) is 0. The number of hydrogen-bond acceptors (Lipinski definition) is 7. The minimum atomic E-state index is -0.701. The molecule has 0 spiro atoms. The molecule has 2 aromatic heterocycles. The Hall–Kier alpha value is -3.52. The summed E-state index contributed by atoms with van der Waals surface area (Å²) < 4.78 is 13.3. The number of carbonyl (C=O) groups excluding carboxylic acids is 1. The van der Waals surface area contributed by atoms with E-state index in [1.54, 1.807) is 36.9 Å². The summed E-state index contributed by atoms with van der Waals surface area (Å²) in [4.78, 5) is 35.7. The van der Waals surface area contributed by atoms with E-state index in [1.165, 1.54) is 11.3 Å². The standard InChI is InChI=1S/C24H23N3O4S/c1-4-30-18-9-7-6-8-17(18)21-20(23(29)31-5-2)15(3)26-24-27(21)22(28)19(32-24)14-16-10-12-25-13-11-16/h6-14,21H,4-5H2,1-3H3/b19-14-/t21-/m1/s1. The Bertz CT molecular complexity index is 1360. The molecule has 4 rings (SSSR count). The monoisotopic (exact) mass is 449 g/mol. The van der Waals surface area contributed by atoms with E-state index in [-0.39, 0.29) is 12.2 Å². The van der Waals surface area contributed by atoms with Crippen LogP contribution in [0.4, 0.5) is 0 Å². The quantitative estimate of drug-likeness (QED) is 0.540. The van der Waals surface area contributed by atoms with Gasteiger partial charge >= 0.3 is 5.97 Å². The van der Waals surface area contributed by atoms with Crippen LogP contribution in [0.25, 0.3) is 6.08 Å². The second-order valence-electron chi connectivity index (χ2n) is 7.05. The zero-order chi connectivity index (χ0) is 22.7. The fourth-order valence-electron chi connectivity index (χ4n) is 3.69. The zero-order valence-electron chi connectivity index (χ0n) is 18.1. The smallest absolute Gasteiger partial charge is 0.338 e. The van der Waals surface area contributed by atoms with E-state index in [0.717, 1.165) is 5.56 Å². The molecule has 3 heterocycles. The van der Waals surface area contributed by atoms with Crippen LogP contribution in [-0.4, -0.2) is 28.7 Å². The molecular weight excluding hydrogens is 426 g/mol. The number of ether oxygens (including phenoxy) is 2. The van der Waals surface area contributed by atoms with Gasteiger partial charge in [0.2, 0.25) is 0 Å². The molecule has 7 nitrogen and oxygen atoms in total. The normalized spacial score (nSPS) is 15.8. The zero-order valence-corrected chi connectivity index (χ0v) is 18.9. The number of aromatic nitrogens is 2. The van der Waals surface area contributed by atoms with Crippen LogP contribution in [0, 0.1) is 0 Å². The van der Waals surface area contributed by atoms with E-state index >= 15 is 0 Å². The molecule has 3 aromatic rings. The fraction of sp³-hybridized carbons (Fsp3) is 0.250. The predicted molar refractivity (Wildman–Crippen MR) is 122 cm³/mol. The Morgan fingerprint density at radius 3 is 2.62 bits per heavy atom. The number of thiazole rings is 1. The summed E-state index contributed by atoms with van der Waals surface area (Å²) in [6, 6.07) is 10.4. The Kier molecular flexibility index (Phi) is 6.32. The third-order valence-corrected chi connectivity index (χ3v) is 6.02. The topological polar surface area (TPSA) is 82.8 Å². The van der Waals surface area contributed by atoms with Gasteiger partial charge in [0.1, 0.15) is 11.8 Å². The van der Waals surface area contributed by atoms with Gasteiger partial charge in [-0.05, 0) is 50.6 Å². The minimum Gasteiger partial charge on any atom is -0.494 e. The van der Waals surface area contributed by atoms with Crippen LogP contribution >= 0.6 is 11.3 Å². The molecule has 0 saturated carbocycles. The summed E-state index contributed by atoms with van der Waals surface area (Å²) in [5.74, 6) is 0.119. The lowest BCUT2D eigenvalue weighted by Crippen LogP contribution is -2.40. The van der Waals surface area contributed by atoms with Crippen molar-refractivity contribution in [2.45, 2.75) is 26.8 Å².